The zero-order valence-electron chi connectivity index (χ0n) is 8.55. The summed E-state index contributed by atoms with van der Waals surface area (Å²) >= 11 is 5.73. The van der Waals surface area contributed by atoms with Gasteiger partial charge >= 0.3 is 5.97 Å². The van der Waals surface area contributed by atoms with E-state index in [0.29, 0.717) is 5.06 Å². The summed E-state index contributed by atoms with van der Waals surface area (Å²) in [6, 6.07) is 3.00. The fraction of sp³-hybridized carbons (Fsp3) is 0.200. The minimum atomic E-state index is -0.931. The third-order valence-corrected chi connectivity index (χ3v) is 2.44. The number of aromatic nitrogens is 1. The van der Waals surface area contributed by atoms with E-state index >= 15 is 0 Å². The van der Waals surface area contributed by atoms with Crippen molar-refractivity contribution in [1.29, 1.82) is 0 Å². The first kappa shape index (κ1) is 11.5. The van der Waals surface area contributed by atoms with E-state index in [9.17, 15) is 14.4 Å². The highest BCUT2D eigenvalue weighted by molar-refractivity contribution is 6.33. The van der Waals surface area contributed by atoms with Crippen LogP contribution < -0.4 is 0 Å². The molecule has 1 aromatic rings. The molecule has 0 aromatic carbocycles. The Hall–Kier alpha value is -1.95. The van der Waals surface area contributed by atoms with E-state index in [0.717, 1.165) is 0 Å². The van der Waals surface area contributed by atoms with Crippen molar-refractivity contribution in [2.45, 2.75) is 12.8 Å². The van der Waals surface area contributed by atoms with Crippen LogP contribution >= 0.6 is 11.6 Å². The molecule has 1 aromatic heterocycles. The highest BCUT2D eigenvalue weighted by atomic mass is 35.5. The summed E-state index contributed by atoms with van der Waals surface area (Å²) in [5, 5.41) is 0.546. The van der Waals surface area contributed by atoms with Crippen LogP contribution in [0.25, 0.3) is 0 Å². The maximum atomic E-state index is 11.6. The second-order valence-electron chi connectivity index (χ2n) is 3.29. The molecule has 2 amide bonds. The second-order valence-corrected chi connectivity index (χ2v) is 3.70. The van der Waals surface area contributed by atoms with Gasteiger partial charge in [0.15, 0.2) is 5.69 Å². The van der Waals surface area contributed by atoms with Gasteiger partial charge in [-0.3, -0.25) is 9.59 Å². The third kappa shape index (κ3) is 2.26. The zero-order valence-corrected chi connectivity index (χ0v) is 9.31. The number of halogens is 1. The number of imide groups is 1. The SMILES string of the molecule is O=C(ON1C(=O)CCC1=O)c1ncccc1Cl. The predicted molar refractivity (Wildman–Crippen MR) is 55.7 cm³/mol. The lowest BCUT2D eigenvalue weighted by atomic mass is 10.3. The highest BCUT2D eigenvalue weighted by Crippen LogP contribution is 2.17. The van der Waals surface area contributed by atoms with Crippen molar-refractivity contribution >= 4 is 29.4 Å². The average molecular weight is 255 g/mol. The Morgan fingerprint density at radius 1 is 1.35 bits per heavy atom. The number of amides is 2. The van der Waals surface area contributed by atoms with E-state index in [1.165, 1.54) is 12.3 Å². The van der Waals surface area contributed by atoms with E-state index in [1.54, 1.807) is 6.07 Å². The number of carbonyl (C=O) groups excluding carboxylic acids is 3. The number of hydrogen-bond donors (Lipinski definition) is 0. The van der Waals surface area contributed by atoms with Gasteiger partial charge in [-0.15, -0.1) is 5.06 Å². The van der Waals surface area contributed by atoms with Crippen molar-refractivity contribution in [1.82, 2.24) is 10.0 Å². The molecule has 0 spiro atoms. The Labute approximate surface area is 101 Å². The maximum absolute atomic E-state index is 11.6. The predicted octanol–water partition coefficient (Wildman–Crippen LogP) is 0.956. The molecule has 88 valence electrons. The fourth-order valence-electron chi connectivity index (χ4n) is 1.32. The summed E-state index contributed by atoms with van der Waals surface area (Å²) in [7, 11) is 0. The molecule has 1 aliphatic heterocycles. The molecule has 0 aliphatic carbocycles. The van der Waals surface area contributed by atoms with Crippen LogP contribution in [0, 0.1) is 0 Å². The van der Waals surface area contributed by atoms with Crippen molar-refractivity contribution < 1.29 is 19.2 Å². The molecule has 2 heterocycles. The molecule has 17 heavy (non-hydrogen) atoms. The lowest BCUT2D eigenvalue weighted by Gasteiger charge is -2.12. The Morgan fingerprint density at radius 3 is 2.59 bits per heavy atom. The van der Waals surface area contributed by atoms with E-state index in [2.05, 4.69) is 9.82 Å². The zero-order chi connectivity index (χ0) is 12.4. The maximum Gasteiger partial charge on any atom is 0.383 e. The summed E-state index contributed by atoms with van der Waals surface area (Å²) < 4.78 is 0. The van der Waals surface area contributed by atoms with Crippen LogP contribution in [0.1, 0.15) is 23.3 Å². The van der Waals surface area contributed by atoms with E-state index in [1.807, 2.05) is 0 Å². The van der Waals surface area contributed by atoms with E-state index in [4.69, 9.17) is 11.6 Å². The first-order chi connectivity index (χ1) is 8.09. The van der Waals surface area contributed by atoms with Crippen LogP contribution in [-0.4, -0.2) is 27.8 Å². The molecule has 1 fully saturated rings. The molecule has 0 saturated carbocycles. The van der Waals surface area contributed by atoms with E-state index in [-0.39, 0.29) is 23.6 Å². The molecule has 1 saturated heterocycles. The highest BCUT2D eigenvalue weighted by Gasteiger charge is 2.33. The van der Waals surface area contributed by atoms with E-state index < -0.39 is 17.8 Å². The molecule has 0 bridgehead atoms. The van der Waals surface area contributed by atoms with Crippen molar-refractivity contribution in [2.24, 2.45) is 0 Å². The molecule has 0 N–H and O–H groups in total. The van der Waals surface area contributed by atoms with Crippen molar-refractivity contribution in [3.05, 3.63) is 29.0 Å². The third-order valence-electron chi connectivity index (χ3n) is 2.13. The largest absolute Gasteiger partial charge is 0.383 e. The molecule has 2 rings (SSSR count). The quantitative estimate of drug-likeness (QED) is 0.735. The number of carbonyl (C=O) groups is 3. The Bertz CT molecular complexity index is 487. The molecule has 0 radical (unpaired) electrons. The minimum absolute atomic E-state index is 0.0437. The number of nitrogens with zero attached hydrogens (tertiary/aromatic N) is 2. The summed E-state index contributed by atoms with van der Waals surface area (Å²) in [5.74, 6) is -2.02. The number of pyridine rings is 1. The van der Waals surface area contributed by atoms with Crippen molar-refractivity contribution in [3.8, 4) is 0 Å². The molecular formula is C10H7ClN2O4. The first-order valence-corrected chi connectivity index (χ1v) is 5.16. The van der Waals surface area contributed by atoms with Crippen LogP contribution in [0.15, 0.2) is 18.3 Å². The second kappa shape index (κ2) is 4.50. The van der Waals surface area contributed by atoms with Crippen LogP contribution in [0.5, 0.6) is 0 Å². The van der Waals surface area contributed by atoms with Gasteiger partial charge in [-0.05, 0) is 12.1 Å². The first-order valence-electron chi connectivity index (χ1n) is 4.78. The fourth-order valence-corrected chi connectivity index (χ4v) is 1.52. The van der Waals surface area contributed by atoms with Crippen LogP contribution in [0.4, 0.5) is 0 Å². The Balaban J connectivity index is 2.15. The number of hydrogen-bond acceptors (Lipinski definition) is 5. The summed E-state index contributed by atoms with van der Waals surface area (Å²) in [4.78, 5) is 42.4. The molecule has 0 atom stereocenters. The molecule has 7 heteroatoms. The molecule has 6 nitrogen and oxygen atoms in total. The smallest absolute Gasteiger partial charge is 0.323 e. The van der Waals surface area contributed by atoms with Crippen LogP contribution in [-0.2, 0) is 14.4 Å². The van der Waals surface area contributed by atoms with Gasteiger partial charge in [0, 0.05) is 19.0 Å². The minimum Gasteiger partial charge on any atom is -0.323 e. The monoisotopic (exact) mass is 254 g/mol. The van der Waals surface area contributed by atoms with Crippen LogP contribution in [0.2, 0.25) is 5.02 Å². The summed E-state index contributed by atoms with van der Waals surface area (Å²) in [5.41, 5.74) is -0.137. The van der Waals surface area contributed by atoms with Gasteiger partial charge < -0.3 is 4.84 Å². The lowest BCUT2D eigenvalue weighted by Crippen LogP contribution is -2.32. The summed E-state index contributed by atoms with van der Waals surface area (Å²) in [6.45, 7) is 0. The van der Waals surface area contributed by atoms with Gasteiger partial charge in [0.25, 0.3) is 11.8 Å². The lowest BCUT2D eigenvalue weighted by molar-refractivity contribution is -0.172. The number of hydroxylamine groups is 2. The standard InChI is InChI=1S/C10H7ClN2O4/c11-6-2-1-5-12-9(6)10(16)17-13-7(14)3-4-8(13)15/h1-2,5H,3-4H2. The summed E-state index contributed by atoms with van der Waals surface area (Å²) in [6.07, 6.45) is 1.44. The van der Waals surface area contributed by atoms with Gasteiger partial charge in [0.2, 0.25) is 0 Å². The Kier molecular flexibility index (Phi) is 3.06. The van der Waals surface area contributed by atoms with Crippen molar-refractivity contribution in [3.63, 3.8) is 0 Å². The molecule has 1 aliphatic rings. The van der Waals surface area contributed by atoms with Gasteiger partial charge in [0.05, 0.1) is 5.02 Å². The van der Waals surface area contributed by atoms with Gasteiger partial charge in [-0.25, -0.2) is 9.78 Å². The van der Waals surface area contributed by atoms with Crippen molar-refractivity contribution in [2.75, 3.05) is 0 Å². The molecular weight excluding hydrogens is 248 g/mol. The average Bonchev–Trinajstić information content (AvgIpc) is 2.61. The Morgan fingerprint density at radius 2 is 2.00 bits per heavy atom. The molecule has 0 unspecified atom stereocenters. The van der Waals surface area contributed by atoms with Gasteiger partial charge in [-0.2, -0.15) is 0 Å². The number of rotatable bonds is 2. The van der Waals surface area contributed by atoms with Gasteiger partial charge in [-0.1, -0.05) is 11.6 Å². The topological polar surface area (TPSA) is 76.6 Å². The normalized spacial score (nSPS) is 15.2. The van der Waals surface area contributed by atoms with Gasteiger partial charge in [0.1, 0.15) is 0 Å². The van der Waals surface area contributed by atoms with Crippen LogP contribution in [0.3, 0.4) is 0 Å².